The van der Waals surface area contributed by atoms with Crippen LogP contribution in [0, 0.1) is 5.82 Å². The summed E-state index contributed by atoms with van der Waals surface area (Å²) in [5.41, 5.74) is -0.333. The number of alkyl halides is 3. The molecule has 4 rings (SSSR count). The van der Waals surface area contributed by atoms with Crippen molar-refractivity contribution in [2.75, 3.05) is 18.4 Å². The molecule has 0 bridgehead atoms. The highest BCUT2D eigenvalue weighted by molar-refractivity contribution is 6.02. The SMILES string of the molecule is O=C(/C=C/c1cccc(Oc2ccnc(C3=NCCN3)c2)c1)Nc1ccc(F)c(C(F)(F)F)c1. The third-order valence-electron chi connectivity index (χ3n) is 4.71. The standard InChI is InChI=1S/C24H18F4N4O2/c25-20-6-5-16(13-19(20)24(26,27)28)32-22(33)7-4-15-2-1-3-17(12-15)34-18-8-9-29-21(14-18)23-30-10-11-31-23/h1-9,12-14H,10-11H2,(H,30,31)(H,32,33)/b7-4+. The van der Waals surface area contributed by atoms with E-state index in [-0.39, 0.29) is 5.69 Å². The van der Waals surface area contributed by atoms with E-state index in [4.69, 9.17) is 4.74 Å². The fourth-order valence-corrected chi connectivity index (χ4v) is 3.17. The minimum atomic E-state index is -4.86. The lowest BCUT2D eigenvalue weighted by Gasteiger charge is -2.10. The molecule has 0 atom stereocenters. The Morgan fingerprint density at radius 2 is 1.91 bits per heavy atom. The van der Waals surface area contributed by atoms with Crippen molar-refractivity contribution in [3.63, 3.8) is 0 Å². The molecule has 1 amide bonds. The van der Waals surface area contributed by atoms with E-state index in [1.807, 2.05) is 0 Å². The number of aliphatic imine (C=N–C) groups is 1. The average molecular weight is 470 g/mol. The van der Waals surface area contributed by atoms with Crippen LogP contribution in [0.5, 0.6) is 11.5 Å². The normalized spacial score (nSPS) is 13.5. The van der Waals surface area contributed by atoms with Crippen molar-refractivity contribution >= 4 is 23.5 Å². The maximum atomic E-state index is 13.4. The van der Waals surface area contributed by atoms with Gasteiger partial charge in [0.15, 0.2) is 0 Å². The van der Waals surface area contributed by atoms with Gasteiger partial charge in [0.1, 0.15) is 28.8 Å². The Hall–Kier alpha value is -4.21. The molecular formula is C24H18F4N4O2. The van der Waals surface area contributed by atoms with Crippen molar-refractivity contribution < 1.29 is 27.1 Å². The maximum Gasteiger partial charge on any atom is 0.419 e. The van der Waals surface area contributed by atoms with E-state index in [9.17, 15) is 22.4 Å². The Kier molecular flexibility index (Phi) is 6.58. The second kappa shape index (κ2) is 9.74. The first kappa shape index (κ1) is 23.0. The summed E-state index contributed by atoms with van der Waals surface area (Å²) in [4.78, 5) is 20.7. The molecule has 10 heteroatoms. The zero-order valence-electron chi connectivity index (χ0n) is 17.6. The molecule has 2 aromatic carbocycles. The van der Waals surface area contributed by atoms with E-state index in [2.05, 4.69) is 20.6 Å². The zero-order valence-corrected chi connectivity index (χ0v) is 17.6. The van der Waals surface area contributed by atoms with Gasteiger partial charge in [-0.05, 0) is 48.0 Å². The van der Waals surface area contributed by atoms with Gasteiger partial charge in [-0.1, -0.05) is 12.1 Å². The van der Waals surface area contributed by atoms with Gasteiger partial charge >= 0.3 is 6.18 Å². The van der Waals surface area contributed by atoms with Gasteiger partial charge in [0, 0.05) is 30.6 Å². The third kappa shape index (κ3) is 5.77. The highest BCUT2D eigenvalue weighted by Crippen LogP contribution is 2.33. The number of rotatable bonds is 6. The smallest absolute Gasteiger partial charge is 0.419 e. The lowest BCUT2D eigenvalue weighted by atomic mass is 10.1. The summed E-state index contributed by atoms with van der Waals surface area (Å²) in [5.74, 6) is -0.315. The van der Waals surface area contributed by atoms with Gasteiger partial charge in [-0.2, -0.15) is 13.2 Å². The quantitative estimate of drug-likeness (QED) is 0.391. The Balaban J connectivity index is 1.42. The van der Waals surface area contributed by atoms with Gasteiger partial charge in [0.25, 0.3) is 0 Å². The minimum absolute atomic E-state index is 0.171. The molecule has 0 fully saturated rings. The number of anilines is 1. The first-order chi connectivity index (χ1) is 16.3. The van der Waals surface area contributed by atoms with Gasteiger partial charge in [-0.3, -0.25) is 14.8 Å². The second-order valence-corrected chi connectivity index (χ2v) is 7.22. The molecule has 0 unspecified atom stereocenters. The topological polar surface area (TPSA) is 75.6 Å². The van der Waals surface area contributed by atoms with Gasteiger partial charge in [0.05, 0.1) is 12.1 Å². The number of benzene rings is 2. The van der Waals surface area contributed by atoms with Crippen LogP contribution in [0.4, 0.5) is 23.2 Å². The highest BCUT2D eigenvalue weighted by atomic mass is 19.4. The van der Waals surface area contributed by atoms with Crippen LogP contribution < -0.4 is 15.4 Å². The van der Waals surface area contributed by atoms with E-state index < -0.39 is 23.5 Å². The Morgan fingerprint density at radius 1 is 1.09 bits per heavy atom. The lowest BCUT2D eigenvalue weighted by molar-refractivity contribution is -0.140. The molecule has 0 spiro atoms. The predicted molar refractivity (Wildman–Crippen MR) is 119 cm³/mol. The average Bonchev–Trinajstić information content (AvgIpc) is 3.34. The minimum Gasteiger partial charge on any atom is -0.457 e. The number of amidine groups is 1. The summed E-state index contributed by atoms with van der Waals surface area (Å²) in [7, 11) is 0. The molecule has 1 aliphatic rings. The third-order valence-corrected chi connectivity index (χ3v) is 4.71. The van der Waals surface area contributed by atoms with E-state index >= 15 is 0 Å². The van der Waals surface area contributed by atoms with Crippen molar-refractivity contribution in [2.24, 2.45) is 4.99 Å². The molecule has 6 nitrogen and oxygen atoms in total. The van der Waals surface area contributed by atoms with E-state index in [1.54, 1.807) is 42.6 Å². The van der Waals surface area contributed by atoms with Crippen LogP contribution in [0.15, 0.2) is 71.9 Å². The number of ether oxygens (including phenoxy) is 1. The van der Waals surface area contributed by atoms with Crippen molar-refractivity contribution in [2.45, 2.75) is 6.18 Å². The van der Waals surface area contributed by atoms with Gasteiger partial charge in [-0.15, -0.1) is 0 Å². The van der Waals surface area contributed by atoms with Crippen molar-refractivity contribution in [1.82, 2.24) is 10.3 Å². The summed E-state index contributed by atoms with van der Waals surface area (Å²) in [6.45, 7) is 1.45. The van der Waals surface area contributed by atoms with Crippen LogP contribution in [0.3, 0.4) is 0 Å². The summed E-state index contributed by atoms with van der Waals surface area (Å²) in [5, 5.41) is 5.43. The molecule has 0 saturated heterocycles. The monoisotopic (exact) mass is 470 g/mol. The van der Waals surface area contributed by atoms with Crippen molar-refractivity contribution in [1.29, 1.82) is 0 Å². The largest absolute Gasteiger partial charge is 0.457 e. The Morgan fingerprint density at radius 3 is 2.68 bits per heavy atom. The number of carbonyl (C=O) groups excluding carboxylic acids is 1. The van der Waals surface area contributed by atoms with Gasteiger partial charge in [0.2, 0.25) is 5.91 Å². The van der Waals surface area contributed by atoms with Crippen LogP contribution in [0.25, 0.3) is 6.08 Å². The molecule has 2 N–H and O–H groups in total. The summed E-state index contributed by atoms with van der Waals surface area (Å²) in [6.07, 6.45) is -0.617. The van der Waals surface area contributed by atoms with Crippen LogP contribution in [-0.4, -0.2) is 29.8 Å². The zero-order chi connectivity index (χ0) is 24.1. The van der Waals surface area contributed by atoms with Crippen LogP contribution in [0.2, 0.25) is 0 Å². The number of aromatic nitrogens is 1. The number of hydrogen-bond acceptors (Lipinski definition) is 5. The predicted octanol–water partition coefficient (Wildman–Crippen LogP) is 5.03. The fourth-order valence-electron chi connectivity index (χ4n) is 3.17. The molecular weight excluding hydrogens is 452 g/mol. The number of nitrogens with one attached hydrogen (secondary N) is 2. The van der Waals surface area contributed by atoms with Crippen LogP contribution >= 0.6 is 0 Å². The Labute approximate surface area is 192 Å². The van der Waals surface area contributed by atoms with E-state index in [0.717, 1.165) is 18.7 Å². The fraction of sp³-hybridized carbons (Fsp3) is 0.125. The number of pyridine rings is 1. The van der Waals surface area contributed by atoms with E-state index in [1.165, 1.54) is 6.08 Å². The summed E-state index contributed by atoms with van der Waals surface area (Å²) < 4.78 is 57.8. The maximum absolute atomic E-state index is 13.4. The first-order valence-corrected chi connectivity index (χ1v) is 10.2. The molecule has 0 radical (unpaired) electrons. The van der Waals surface area contributed by atoms with Crippen molar-refractivity contribution in [3.05, 3.63) is 89.5 Å². The Bertz CT molecular complexity index is 1270. The van der Waals surface area contributed by atoms with E-state index in [0.29, 0.717) is 47.3 Å². The first-order valence-electron chi connectivity index (χ1n) is 10.2. The number of halogens is 4. The number of carbonyl (C=O) groups is 1. The molecule has 3 aromatic rings. The highest BCUT2D eigenvalue weighted by Gasteiger charge is 2.34. The molecule has 0 aliphatic carbocycles. The van der Waals surface area contributed by atoms with Crippen LogP contribution in [0.1, 0.15) is 16.8 Å². The lowest BCUT2D eigenvalue weighted by Crippen LogP contribution is -2.20. The van der Waals surface area contributed by atoms with Crippen molar-refractivity contribution in [3.8, 4) is 11.5 Å². The van der Waals surface area contributed by atoms with Gasteiger partial charge < -0.3 is 15.4 Å². The van der Waals surface area contributed by atoms with Crippen LogP contribution in [-0.2, 0) is 11.0 Å². The second-order valence-electron chi connectivity index (χ2n) is 7.22. The van der Waals surface area contributed by atoms with Gasteiger partial charge in [-0.25, -0.2) is 4.39 Å². The number of hydrogen-bond donors (Lipinski definition) is 2. The number of amides is 1. The number of nitrogens with zero attached hydrogens (tertiary/aromatic N) is 2. The molecule has 1 aromatic heterocycles. The molecule has 2 heterocycles. The molecule has 0 saturated carbocycles. The summed E-state index contributed by atoms with van der Waals surface area (Å²) in [6, 6.07) is 12.6. The summed E-state index contributed by atoms with van der Waals surface area (Å²) >= 11 is 0. The molecule has 34 heavy (non-hydrogen) atoms. The molecule has 174 valence electrons. The molecule has 1 aliphatic heterocycles.